The van der Waals surface area contributed by atoms with Gasteiger partial charge in [0.05, 0.1) is 31.3 Å². The lowest BCUT2D eigenvalue weighted by Crippen LogP contribution is -2.39. The maximum absolute atomic E-state index is 8.96. The van der Waals surface area contributed by atoms with Gasteiger partial charge < -0.3 is 14.7 Å². The third-order valence-corrected chi connectivity index (χ3v) is 3.02. The van der Waals surface area contributed by atoms with Crippen LogP contribution in [-0.4, -0.2) is 49.5 Å². The first-order valence-electron chi connectivity index (χ1n) is 5.52. The van der Waals surface area contributed by atoms with Crippen LogP contribution in [0.4, 0.5) is 0 Å². The van der Waals surface area contributed by atoms with Crippen molar-refractivity contribution in [3.8, 4) is 6.07 Å². The van der Waals surface area contributed by atoms with Gasteiger partial charge in [-0.1, -0.05) is 0 Å². The minimum atomic E-state index is -0.123. The number of aliphatic hydroxyl groups is 1. The van der Waals surface area contributed by atoms with Crippen molar-refractivity contribution < 1.29 is 9.84 Å². The number of hydrogen-bond acceptors (Lipinski definition) is 4. The fourth-order valence-corrected chi connectivity index (χ4v) is 1.74. The van der Waals surface area contributed by atoms with Crippen molar-refractivity contribution in [2.24, 2.45) is 5.41 Å². The summed E-state index contributed by atoms with van der Waals surface area (Å²) in [6, 6.07) is 2.39. The van der Waals surface area contributed by atoms with E-state index >= 15 is 0 Å². The van der Waals surface area contributed by atoms with E-state index in [-0.39, 0.29) is 12.0 Å². The Kier molecular flexibility index (Phi) is 5.03. The summed E-state index contributed by atoms with van der Waals surface area (Å²) in [6.07, 6.45) is 1.90. The Labute approximate surface area is 91.4 Å². The van der Waals surface area contributed by atoms with E-state index in [4.69, 9.17) is 15.1 Å². The van der Waals surface area contributed by atoms with Crippen LogP contribution in [0.1, 0.15) is 19.8 Å². The van der Waals surface area contributed by atoms with Crippen LogP contribution in [0, 0.1) is 16.7 Å². The number of hydrogen-bond donors (Lipinski definition) is 1. The largest absolute Gasteiger partial charge is 0.394 e. The molecule has 0 unspecified atom stereocenters. The number of likely N-dealkylation sites (tertiary alicyclic amines) is 1. The summed E-state index contributed by atoms with van der Waals surface area (Å²) in [5, 5.41) is 17.5. The Balaban J connectivity index is 2.13. The molecule has 15 heavy (non-hydrogen) atoms. The zero-order valence-corrected chi connectivity index (χ0v) is 9.41. The molecule has 1 aliphatic rings. The van der Waals surface area contributed by atoms with Gasteiger partial charge in [0.2, 0.25) is 0 Å². The minimum absolute atomic E-state index is 0.0898. The van der Waals surface area contributed by atoms with Crippen LogP contribution in [0.3, 0.4) is 0 Å². The highest BCUT2D eigenvalue weighted by Gasteiger charge is 2.29. The normalized spacial score (nSPS) is 21.1. The summed E-state index contributed by atoms with van der Waals surface area (Å²) in [7, 11) is 0. The maximum Gasteiger partial charge on any atom is 0.0698 e. The molecule has 4 heteroatoms. The number of aliphatic hydroxyl groups excluding tert-OH is 1. The summed E-state index contributed by atoms with van der Waals surface area (Å²) in [5.74, 6) is 0. The SMILES string of the molecule is CC1(C#N)CCN(CCOCCO)CC1. The van der Waals surface area contributed by atoms with Gasteiger partial charge in [-0.3, -0.25) is 0 Å². The summed E-state index contributed by atoms with van der Waals surface area (Å²) < 4.78 is 5.21. The van der Waals surface area contributed by atoms with Crippen LogP contribution in [-0.2, 0) is 4.74 Å². The van der Waals surface area contributed by atoms with Crippen molar-refractivity contribution in [1.29, 1.82) is 5.26 Å². The van der Waals surface area contributed by atoms with Gasteiger partial charge in [-0.15, -0.1) is 0 Å². The second kappa shape index (κ2) is 6.06. The van der Waals surface area contributed by atoms with Crippen molar-refractivity contribution in [3.05, 3.63) is 0 Å². The fourth-order valence-electron chi connectivity index (χ4n) is 1.74. The molecule has 0 bridgehead atoms. The van der Waals surface area contributed by atoms with Gasteiger partial charge in [0, 0.05) is 6.54 Å². The Morgan fingerprint density at radius 3 is 2.60 bits per heavy atom. The first-order chi connectivity index (χ1) is 7.20. The summed E-state index contributed by atoms with van der Waals surface area (Å²) in [5.41, 5.74) is -0.123. The first kappa shape index (κ1) is 12.4. The number of nitriles is 1. The molecule has 1 fully saturated rings. The zero-order valence-electron chi connectivity index (χ0n) is 9.41. The number of piperidine rings is 1. The van der Waals surface area contributed by atoms with Crippen LogP contribution < -0.4 is 0 Å². The highest BCUT2D eigenvalue weighted by molar-refractivity contribution is 4.98. The Morgan fingerprint density at radius 2 is 2.07 bits per heavy atom. The quantitative estimate of drug-likeness (QED) is 0.679. The third kappa shape index (κ3) is 4.17. The molecule has 1 rings (SSSR count). The second-order valence-corrected chi connectivity index (χ2v) is 4.35. The molecule has 0 saturated carbocycles. The van der Waals surface area contributed by atoms with Crippen molar-refractivity contribution in [1.82, 2.24) is 4.90 Å². The fraction of sp³-hybridized carbons (Fsp3) is 0.909. The molecule has 0 spiro atoms. The topological polar surface area (TPSA) is 56.5 Å². The molecule has 0 aromatic rings. The van der Waals surface area contributed by atoms with Gasteiger partial charge >= 0.3 is 0 Å². The number of ether oxygens (including phenoxy) is 1. The van der Waals surface area contributed by atoms with Crippen molar-refractivity contribution in [2.75, 3.05) is 39.5 Å². The van der Waals surface area contributed by atoms with Gasteiger partial charge in [-0.05, 0) is 32.9 Å². The molecule has 0 radical (unpaired) electrons. The molecular weight excluding hydrogens is 192 g/mol. The van der Waals surface area contributed by atoms with E-state index in [1.807, 2.05) is 6.92 Å². The van der Waals surface area contributed by atoms with E-state index in [1.165, 1.54) is 0 Å². The van der Waals surface area contributed by atoms with Crippen molar-refractivity contribution >= 4 is 0 Å². The van der Waals surface area contributed by atoms with E-state index in [9.17, 15) is 0 Å². The molecule has 0 atom stereocenters. The maximum atomic E-state index is 8.96. The van der Waals surface area contributed by atoms with Crippen LogP contribution >= 0.6 is 0 Å². The zero-order chi connectivity index (χ0) is 11.1. The lowest BCUT2D eigenvalue weighted by molar-refractivity contribution is 0.0608. The second-order valence-electron chi connectivity index (χ2n) is 4.35. The highest BCUT2D eigenvalue weighted by atomic mass is 16.5. The molecule has 86 valence electrons. The van der Waals surface area contributed by atoms with E-state index in [1.54, 1.807) is 0 Å². The van der Waals surface area contributed by atoms with Crippen LogP contribution in [0.25, 0.3) is 0 Å². The Hall–Kier alpha value is -0.630. The predicted octanol–water partition coefficient (Wildman–Crippen LogP) is 0.621. The molecule has 0 aliphatic carbocycles. The third-order valence-electron chi connectivity index (χ3n) is 3.02. The minimum Gasteiger partial charge on any atom is -0.394 e. The van der Waals surface area contributed by atoms with Gasteiger partial charge in [-0.25, -0.2) is 0 Å². The van der Waals surface area contributed by atoms with Crippen LogP contribution in [0.2, 0.25) is 0 Å². The van der Waals surface area contributed by atoms with E-state index < -0.39 is 0 Å². The van der Waals surface area contributed by atoms with E-state index in [2.05, 4.69) is 11.0 Å². The first-order valence-corrected chi connectivity index (χ1v) is 5.52. The summed E-state index contributed by atoms with van der Waals surface area (Å²) in [4.78, 5) is 2.32. The molecule has 4 nitrogen and oxygen atoms in total. The molecule has 0 aromatic carbocycles. The van der Waals surface area contributed by atoms with Gasteiger partial charge in [0.1, 0.15) is 0 Å². The highest BCUT2D eigenvalue weighted by Crippen LogP contribution is 2.29. The standard InChI is InChI=1S/C11H20N2O2/c1-11(10-12)2-4-13(5-3-11)6-8-15-9-7-14/h14H,2-9H2,1H3. The van der Waals surface area contributed by atoms with Crippen LogP contribution in [0.15, 0.2) is 0 Å². The van der Waals surface area contributed by atoms with Crippen molar-refractivity contribution in [2.45, 2.75) is 19.8 Å². The van der Waals surface area contributed by atoms with Gasteiger partial charge in [-0.2, -0.15) is 5.26 Å². The molecular formula is C11H20N2O2. The average molecular weight is 212 g/mol. The molecule has 0 aromatic heterocycles. The molecule has 1 N–H and O–H groups in total. The summed E-state index contributed by atoms with van der Waals surface area (Å²) in [6.45, 7) is 6.08. The van der Waals surface area contributed by atoms with Gasteiger partial charge in [0.15, 0.2) is 0 Å². The Bertz CT molecular complexity index is 217. The average Bonchev–Trinajstić information content (AvgIpc) is 2.27. The number of nitrogens with zero attached hydrogens (tertiary/aromatic N) is 2. The lowest BCUT2D eigenvalue weighted by atomic mass is 9.82. The lowest BCUT2D eigenvalue weighted by Gasteiger charge is -2.34. The van der Waals surface area contributed by atoms with Crippen molar-refractivity contribution in [3.63, 3.8) is 0 Å². The Morgan fingerprint density at radius 1 is 1.40 bits per heavy atom. The number of rotatable bonds is 5. The summed E-state index contributed by atoms with van der Waals surface area (Å²) >= 11 is 0. The molecule has 1 heterocycles. The molecule has 1 saturated heterocycles. The van der Waals surface area contributed by atoms with Crippen LogP contribution in [0.5, 0.6) is 0 Å². The van der Waals surface area contributed by atoms with E-state index in [0.717, 1.165) is 32.5 Å². The molecule has 1 aliphatic heterocycles. The van der Waals surface area contributed by atoms with E-state index in [0.29, 0.717) is 13.2 Å². The molecule has 0 amide bonds. The smallest absolute Gasteiger partial charge is 0.0698 e. The van der Waals surface area contributed by atoms with Gasteiger partial charge in [0.25, 0.3) is 0 Å². The monoisotopic (exact) mass is 212 g/mol. The predicted molar refractivity (Wildman–Crippen MR) is 57.3 cm³/mol.